The number of rotatable bonds is 7. The van der Waals surface area contributed by atoms with Crippen LogP contribution < -0.4 is 5.73 Å². The van der Waals surface area contributed by atoms with E-state index >= 15 is 0 Å². The predicted molar refractivity (Wildman–Crippen MR) is 58.0 cm³/mol. The average molecular weight is 201 g/mol. The lowest BCUT2D eigenvalue weighted by atomic mass is 9.88. The Labute approximate surface area is 86.7 Å². The molecule has 0 spiro atoms. The van der Waals surface area contributed by atoms with Crippen LogP contribution in [0.15, 0.2) is 0 Å². The number of carbonyl (C=O) groups is 1. The van der Waals surface area contributed by atoms with Gasteiger partial charge < -0.3 is 10.8 Å². The molecule has 0 aromatic carbocycles. The van der Waals surface area contributed by atoms with Gasteiger partial charge in [-0.25, -0.2) is 0 Å². The van der Waals surface area contributed by atoms with Gasteiger partial charge in [-0.2, -0.15) is 0 Å². The highest BCUT2D eigenvalue weighted by Crippen LogP contribution is 2.20. The highest BCUT2D eigenvalue weighted by Gasteiger charge is 2.15. The smallest absolute Gasteiger partial charge is 0.303 e. The van der Waals surface area contributed by atoms with Gasteiger partial charge in [-0.05, 0) is 37.1 Å². The molecule has 2 atom stereocenters. The largest absolute Gasteiger partial charge is 0.481 e. The van der Waals surface area contributed by atoms with Crippen LogP contribution in [0.1, 0.15) is 40.0 Å². The molecule has 0 radical (unpaired) electrons. The Hall–Kier alpha value is -0.570. The van der Waals surface area contributed by atoms with Crippen LogP contribution in [0.4, 0.5) is 0 Å². The van der Waals surface area contributed by atoms with Gasteiger partial charge in [0, 0.05) is 6.42 Å². The number of hydrogen-bond acceptors (Lipinski definition) is 2. The predicted octanol–water partition coefficient (Wildman–Crippen LogP) is 2.11. The second-order valence-electron chi connectivity index (χ2n) is 4.67. The molecule has 1 unspecified atom stereocenters. The summed E-state index contributed by atoms with van der Waals surface area (Å²) in [5.41, 5.74) is 5.54. The summed E-state index contributed by atoms with van der Waals surface area (Å²) in [6, 6.07) is 0. The Kier molecular flexibility index (Phi) is 6.54. The Morgan fingerprint density at radius 1 is 1.29 bits per heavy atom. The van der Waals surface area contributed by atoms with Gasteiger partial charge in [-0.15, -0.1) is 0 Å². The lowest BCUT2D eigenvalue weighted by Gasteiger charge is -2.19. The third-order valence-electron chi connectivity index (χ3n) is 2.41. The Morgan fingerprint density at radius 2 is 1.86 bits per heavy atom. The molecule has 3 nitrogen and oxygen atoms in total. The van der Waals surface area contributed by atoms with E-state index in [0.717, 1.165) is 12.8 Å². The normalized spacial score (nSPS) is 15.5. The summed E-state index contributed by atoms with van der Waals surface area (Å²) < 4.78 is 0. The van der Waals surface area contributed by atoms with Crippen LogP contribution >= 0.6 is 0 Å². The topological polar surface area (TPSA) is 63.3 Å². The van der Waals surface area contributed by atoms with Gasteiger partial charge in [0.1, 0.15) is 0 Å². The first-order valence-corrected chi connectivity index (χ1v) is 5.37. The summed E-state index contributed by atoms with van der Waals surface area (Å²) in [6.07, 6.45) is 2.29. The fourth-order valence-electron chi connectivity index (χ4n) is 1.98. The molecule has 0 aromatic rings. The molecule has 0 aliphatic carbocycles. The first kappa shape index (κ1) is 13.4. The molecule has 0 amide bonds. The van der Waals surface area contributed by atoms with Crippen molar-refractivity contribution in [2.75, 3.05) is 6.54 Å². The Balaban J connectivity index is 3.85. The number of nitrogens with two attached hydrogens (primary N) is 1. The summed E-state index contributed by atoms with van der Waals surface area (Å²) >= 11 is 0. The number of carboxylic acid groups (broad SMARTS) is 1. The summed E-state index contributed by atoms with van der Waals surface area (Å²) in [6.45, 7) is 7.02. The van der Waals surface area contributed by atoms with Crippen LogP contribution in [0.25, 0.3) is 0 Å². The van der Waals surface area contributed by atoms with E-state index in [1.54, 1.807) is 0 Å². The second kappa shape index (κ2) is 6.82. The van der Waals surface area contributed by atoms with Crippen LogP contribution in [0.3, 0.4) is 0 Å². The molecule has 0 rings (SSSR count). The van der Waals surface area contributed by atoms with E-state index in [0.29, 0.717) is 18.4 Å². The molecule has 3 heteroatoms. The second-order valence-corrected chi connectivity index (χ2v) is 4.67. The number of hydrogen-bond donors (Lipinski definition) is 2. The van der Waals surface area contributed by atoms with E-state index < -0.39 is 5.97 Å². The highest BCUT2D eigenvalue weighted by molar-refractivity contribution is 5.67. The molecule has 0 saturated carbocycles. The zero-order valence-corrected chi connectivity index (χ0v) is 9.49. The van der Waals surface area contributed by atoms with E-state index in [2.05, 4.69) is 20.8 Å². The molecule has 0 aromatic heterocycles. The first-order chi connectivity index (χ1) is 6.45. The van der Waals surface area contributed by atoms with Gasteiger partial charge in [-0.3, -0.25) is 4.79 Å². The van der Waals surface area contributed by atoms with Crippen molar-refractivity contribution in [3.05, 3.63) is 0 Å². The van der Waals surface area contributed by atoms with Crippen molar-refractivity contribution >= 4 is 5.97 Å². The van der Waals surface area contributed by atoms with E-state index in [1.807, 2.05) is 0 Å². The molecule has 0 heterocycles. The van der Waals surface area contributed by atoms with Crippen molar-refractivity contribution in [1.82, 2.24) is 0 Å². The monoisotopic (exact) mass is 201 g/mol. The highest BCUT2D eigenvalue weighted by atomic mass is 16.4. The number of carboxylic acids is 1. The molecule has 0 aliphatic rings. The van der Waals surface area contributed by atoms with E-state index in [1.165, 1.54) is 0 Å². The van der Waals surface area contributed by atoms with E-state index in [9.17, 15) is 4.79 Å². The molecule has 14 heavy (non-hydrogen) atoms. The van der Waals surface area contributed by atoms with Crippen molar-refractivity contribution in [3.63, 3.8) is 0 Å². The van der Waals surface area contributed by atoms with Crippen molar-refractivity contribution in [2.45, 2.75) is 40.0 Å². The van der Waals surface area contributed by atoms with E-state index in [-0.39, 0.29) is 12.3 Å². The van der Waals surface area contributed by atoms with Crippen LogP contribution in [-0.2, 0) is 4.79 Å². The van der Waals surface area contributed by atoms with Crippen molar-refractivity contribution in [3.8, 4) is 0 Å². The summed E-state index contributed by atoms with van der Waals surface area (Å²) in [4.78, 5) is 10.5. The van der Waals surface area contributed by atoms with Crippen LogP contribution in [0.5, 0.6) is 0 Å². The maximum absolute atomic E-state index is 10.5. The molecule has 3 N–H and O–H groups in total. The van der Waals surface area contributed by atoms with Gasteiger partial charge in [0.25, 0.3) is 0 Å². The minimum absolute atomic E-state index is 0.140. The molecule has 0 fully saturated rings. The Bertz CT molecular complexity index is 169. The molecular weight excluding hydrogens is 178 g/mol. The maximum atomic E-state index is 10.5. The zero-order chi connectivity index (χ0) is 11.1. The minimum atomic E-state index is -0.739. The van der Waals surface area contributed by atoms with Crippen molar-refractivity contribution in [1.29, 1.82) is 0 Å². The van der Waals surface area contributed by atoms with Gasteiger partial charge in [0.15, 0.2) is 0 Å². The fraction of sp³-hybridized carbons (Fsp3) is 0.909. The third-order valence-corrected chi connectivity index (χ3v) is 2.41. The molecule has 0 aliphatic heterocycles. The third kappa shape index (κ3) is 6.89. The molecule has 84 valence electrons. The summed E-state index contributed by atoms with van der Waals surface area (Å²) in [5, 5.41) is 8.65. The molecule has 0 bridgehead atoms. The van der Waals surface area contributed by atoms with Crippen LogP contribution in [0, 0.1) is 17.8 Å². The lowest BCUT2D eigenvalue weighted by molar-refractivity contribution is -0.138. The van der Waals surface area contributed by atoms with Crippen LogP contribution in [0.2, 0.25) is 0 Å². The summed E-state index contributed by atoms with van der Waals surface area (Å²) in [5.74, 6) is 0.648. The zero-order valence-electron chi connectivity index (χ0n) is 9.49. The van der Waals surface area contributed by atoms with Gasteiger partial charge >= 0.3 is 5.97 Å². The summed E-state index contributed by atoms with van der Waals surface area (Å²) in [7, 11) is 0. The quantitative estimate of drug-likeness (QED) is 0.663. The van der Waals surface area contributed by atoms with Gasteiger partial charge in [-0.1, -0.05) is 20.8 Å². The molecule has 0 saturated heterocycles. The Morgan fingerprint density at radius 3 is 2.21 bits per heavy atom. The fourth-order valence-corrected chi connectivity index (χ4v) is 1.98. The van der Waals surface area contributed by atoms with Crippen LogP contribution in [-0.4, -0.2) is 17.6 Å². The van der Waals surface area contributed by atoms with Crippen molar-refractivity contribution in [2.24, 2.45) is 23.5 Å². The minimum Gasteiger partial charge on any atom is -0.481 e. The van der Waals surface area contributed by atoms with Gasteiger partial charge in [0.2, 0.25) is 0 Å². The maximum Gasteiger partial charge on any atom is 0.303 e. The molecular formula is C11H23NO2. The first-order valence-electron chi connectivity index (χ1n) is 5.37. The SMILES string of the molecule is CC(C)CC(C)C[C@H](CN)CC(=O)O. The standard InChI is InChI=1S/C11H23NO2/c1-8(2)4-9(3)5-10(7-12)6-11(13)14/h8-10H,4-7,12H2,1-3H3,(H,13,14)/t9?,10-/m0/s1. The lowest BCUT2D eigenvalue weighted by Crippen LogP contribution is -2.20. The van der Waals surface area contributed by atoms with Gasteiger partial charge in [0.05, 0.1) is 0 Å². The van der Waals surface area contributed by atoms with E-state index in [4.69, 9.17) is 10.8 Å². The number of aliphatic carboxylic acids is 1. The average Bonchev–Trinajstić information content (AvgIpc) is 2.00. The van der Waals surface area contributed by atoms with Crippen molar-refractivity contribution < 1.29 is 9.90 Å².